The van der Waals surface area contributed by atoms with Gasteiger partial charge in [-0.1, -0.05) is 64.5 Å². The van der Waals surface area contributed by atoms with Crippen LogP contribution in [0.3, 0.4) is 0 Å². The zero-order valence-electron chi connectivity index (χ0n) is 20.4. The average molecular weight is 548 g/mol. The SMILES string of the molecule is CCOC(=O)CCCn1cc(C(=O)c2ccc(OC(CCBr)c3ccccc3)cc2)c2ccccc21. The van der Waals surface area contributed by atoms with E-state index in [1.165, 1.54) is 0 Å². The van der Waals surface area contributed by atoms with Crippen molar-refractivity contribution in [3.8, 4) is 5.75 Å². The topological polar surface area (TPSA) is 57.5 Å². The van der Waals surface area contributed by atoms with Crippen molar-refractivity contribution in [1.82, 2.24) is 4.57 Å². The zero-order chi connectivity index (χ0) is 25.3. The molecule has 0 amide bonds. The van der Waals surface area contributed by atoms with E-state index in [0.717, 1.165) is 34.0 Å². The first-order valence-corrected chi connectivity index (χ1v) is 13.4. The molecule has 5 nitrogen and oxygen atoms in total. The first-order chi connectivity index (χ1) is 17.6. The third-order valence-corrected chi connectivity index (χ3v) is 6.51. The van der Waals surface area contributed by atoms with E-state index in [9.17, 15) is 9.59 Å². The van der Waals surface area contributed by atoms with Gasteiger partial charge in [0.1, 0.15) is 11.9 Å². The van der Waals surface area contributed by atoms with E-state index in [2.05, 4.69) is 28.1 Å². The Kier molecular flexibility index (Phi) is 8.95. The molecule has 0 aliphatic carbocycles. The third kappa shape index (κ3) is 6.24. The summed E-state index contributed by atoms with van der Waals surface area (Å²) < 4.78 is 13.3. The minimum Gasteiger partial charge on any atom is -0.486 e. The number of hydrogen-bond acceptors (Lipinski definition) is 4. The molecule has 6 heteroatoms. The Morgan fingerprint density at radius 3 is 2.39 bits per heavy atom. The van der Waals surface area contributed by atoms with Crippen LogP contribution in [0.1, 0.15) is 53.8 Å². The lowest BCUT2D eigenvalue weighted by molar-refractivity contribution is -0.143. The highest BCUT2D eigenvalue weighted by molar-refractivity contribution is 9.09. The maximum absolute atomic E-state index is 13.5. The maximum atomic E-state index is 13.5. The molecule has 0 saturated heterocycles. The van der Waals surface area contributed by atoms with Crippen molar-refractivity contribution >= 4 is 38.6 Å². The summed E-state index contributed by atoms with van der Waals surface area (Å²) in [5, 5.41) is 1.73. The molecule has 0 radical (unpaired) electrons. The van der Waals surface area contributed by atoms with Crippen molar-refractivity contribution in [2.24, 2.45) is 0 Å². The Morgan fingerprint density at radius 2 is 1.67 bits per heavy atom. The molecular formula is C30H30BrNO4. The number of alkyl halides is 1. The Bertz CT molecular complexity index is 1300. The summed E-state index contributed by atoms with van der Waals surface area (Å²) in [6.45, 7) is 2.82. The molecule has 0 aliphatic heterocycles. The molecule has 1 unspecified atom stereocenters. The van der Waals surface area contributed by atoms with Gasteiger partial charge in [-0.3, -0.25) is 9.59 Å². The second kappa shape index (κ2) is 12.5. The molecule has 1 atom stereocenters. The standard InChI is InChI=1S/C30H30BrNO4/c1-2-35-29(33)13-8-20-32-21-26(25-11-6-7-12-27(25)32)30(34)23-14-16-24(17-15-23)36-28(18-19-31)22-9-4-3-5-10-22/h3-7,9-12,14-17,21,28H,2,8,13,18-20H2,1H3. The van der Waals surface area contributed by atoms with E-state index in [1.807, 2.05) is 77.5 Å². The van der Waals surface area contributed by atoms with Crippen LogP contribution >= 0.6 is 15.9 Å². The predicted octanol–water partition coefficient (Wildman–Crippen LogP) is 7.12. The summed E-state index contributed by atoms with van der Waals surface area (Å²) in [6.07, 6.45) is 3.66. The molecule has 3 aromatic carbocycles. The number of esters is 1. The average Bonchev–Trinajstić information content (AvgIpc) is 3.28. The quantitative estimate of drug-likeness (QED) is 0.107. The van der Waals surface area contributed by atoms with E-state index in [1.54, 1.807) is 6.92 Å². The number of fused-ring (bicyclic) bond motifs is 1. The summed E-state index contributed by atoms with van der Waals surface area (Å²) >= 11 is 3.52. The van der Waals surface area contributed by atoms with Gasteiger partial charge in [0.2, 0.25) is 0 Å². The molecule has 0 aliphatic rings. The lowest BCUT2D eigenvalue weighted by Crippen LogP contribution is -2.08. The van der Waals surface area contributed by atoms with Crippen molar-refractivity contribution in [1.29, 1.82) is 0 Å². The van der Waals surface area contributed by atoms with Crippen molar-refractivity contribution in [2.75, 3.05) is 11.9 Å². The van der Waals surface area contributed by atoms with Crippen LogP contribution in [0, 0.1) is 0 Å². The Labute approximate surface area is 220 Å². The molecule has 0 spiro atoms. The number of rotatable bonds is 12. The minimum absolute atomic E-state index is 0.0399. The van der Waals surface area contributed by atoms with E-state index >= 15 is 0 Å². The normalized spacial score (nSPS) is 11.8. The van der Waals surface area contributed by atoms with Crippen LogP contribution in [0.15, 0.2) is 85.1 Å². The van der Waals surface area contributed by atoms with Crippen LogP contribution in [-0.4, -0.2) is 28.3 Å². The molecule has 186 valence electrons. The van der Waals surface area contributed by atoms with Crippen molar-refractivity contribution in [3.63, 3.8) is 0 Å². The number of halogens is 1. The number of hydrogen-bond donors (Lipinski definition) is 0. The zero-order valence-corrected chi connectivity index (χ0v) is 21.9. The van der Waals surface area contributed by atoms with Crippen LogP contribution in [-0.2, 0) is 16.1 Å². The summed E-state index contributed by atoms with van der Waals surface area (Å²) in [5.74, 6) is 0.489. The van der Waals surface area contributed by atoms with Gasteiger partial charge in [-0.15, -0.1) is 0 Å². The van der Waals surface area contributed by atoms with Crippen LogP contribution in [0.25, 0.3) is 10.9 Å². The highest BCUT2D eigenvalue weighted by atomic mass is 79.9. The van der Waals surface area contributed by atoms with Crippen molar-refractivity contribution in [3.05, 3.63) is 102 Å². The second-order valence-electron chi connectivity index (χ2n) is 8.51. The molecule has 0 N–H and O–H groups in total. The van der Waals surface area contributed by atoms with Gasteiger partial charge in [0.25, 0.3) is 0 Å². The third-order valence-electron chi connectivity index (χ3n) is 6.06. The Balaban J connectivity index is 1.50. The number of carbonyl (C=O) groups excluding carboxylic acids is 2. The van der Waals surface area contributed by atoms with Crippen LogP contribution < -0.4 is 4.74 Å². The number of benzene rings is 3. The van der Waals surface area contributed by atoms with E-state index in [-0.39, 0.29) is 17.9 Å². The molecule has 1 heterocycles. The highest BCUT2D eigenvalue weighted by Crippen LogP contribution is 2.28. The molecule has 0 fully saturated rings. The van der Waals surface area contributed by atoms with E-state index in [0.29, 0.717) is 37.1 Å². The maximum Gasteiger partial charge on any atom is 0.305 e. The smallest absolute Gasteiger partial charge is 0.305 e. The molecule has 0 saturated carbocycles. The predicted molar refractivity (Wildman–Crippen MR) is 146 cm³/mol. The lowest BCUT2D eigenvalue weighted by Gasteiger charge is -2.19. The monoisotopic (exact) mass is 547 g/mol. The fraction of sp³-hybridized carbons (Fsp3) is 0.267. The van der Waals surface area contributed by atoms with Crippen LogP contribution in [0.5, 0.6) is 5.75 Å². The summed E-state index contributed by atoms with van der Waals surface area (Å²) in [7, 11) is 0. The Morgan fingerprint density at radius 1 is 0.944 bits per heavy atom. The molecule has 4 rings (SSSR count). The van der Waals surface area contributed by atoms with Gasteiger partial charge >= 0.3 is 5.97 Å². The molecule has 36 heavy (non-hydrogen) atoms. The number of aromatic nitrogens is 1. The van der Waals surface area contributed by atoms with E-state index in [4.69, 9.17) is 9.47 Å². The van der Waals surface area contributed by atoms with Crippen molar-refractivity contribution in [2.45, 2.75) is 38.8 Å². The van der Waals surface area contributed by atoms with Gasteiger partial charge in [0.15, 0.2) is 5.78 Å². The fourth-order valence-corrected chi connectivity index (χ4v) is 4.72. The first kappa shape index (κ1) is 25.7. The number of nitrogens with zero attached hydrogens (tertiary/aromatic N) is 1. The van der Waals surface area contributed by atoms with Gasteiger partial charge in [0.05, 0.1) is 6.61 Å². The lowest BCUT2D eigenvalue weighted by atomic mass is 10.0. The number of carbonyl (C=O) groups is 2. The van der Waals surface area contributed by atoms with Gasteiger partial charge < -0.3 is 14.0 Å². The Hall–Kier alpha value is -3.38. The molecular weight excluding hydrogens is 518 g/mol. The first-order valence-electron chi connectivity index (χ1n) is 12.3. The summed E-state index contributed by atoms with van der Waals surface area (Å²) in [4.78, 5) is 25.2. The second-order valence-corrected chi connectivity index (χ2v) is 9.30. The van der Waals surface area contributed by atoms with Gasteiger partial charge in [-0.05, 0) is 55.7 Å². The largest absolute Gasteiger partial charge is 0.486 e. The van der Waals surface area contributed by atoms with Gasteiger partial charge in [0, 0.05) is 46.5 Å². The minimum atomic E-state index is -0.196. The van der Waals surface area contributed by atoms with Gasteiger partial charge in [-0.2, -0.15) is 0 Å². The molecule has 0 bridgehead atoms. The fourth-order valence-electron chi connectivity index (χ4n) is 4.30. The number of para-hydroxylation sites is 1. The summed E-state index contributed by atoms with van der Waals surface area (Å²) in [6, 6.07) is 25.4. The van der Waals surface area contributed by atoms with Crippen LogP contribution in [0.2, 0.25) is 0 Å². The number of aryl methyl sites for hydroxylation is 1. The number of ether oxygens (including phenoxy) is 2. The van der Waals surface area contributed by atoms with Crippen molar-refractivity contribution < 1.29 is 19.1 Å². The number of ketones is 1. The molecule has 1 aromatic heterocycles. The molecule has 4 aromatic rings. The van der Waals surface area contributed by atoms with Crippen LogP contribution in [0.4, 0.5) is 0 Å². The summed E-state index contributed by atoms with van der Waals surface area (Å²) in [5.41, 5.74) is 3.35. The van der Waals surface area contributed by atoms with E-state index < -0.39 is 0 Å². The highest BCUT2D eigenvalue weighted by Gasteiger charge is 2.18. The van der Waals surface area contributed by atoms with Gasteiger partial charge in [-0.25, -0.2) is 0 Å².